The number of nitrogens with zero attached hydrogens (tertiary/aromatic N) is 2. The van der Waals surface area contributed by atoms with E-state index in [1.54, 1.807) is 6.07 Å². The smallest absolute Gasteiger partial charge is 0.123 e. The van der Waals surface area contributed by atoms with Crippen molar-refractivity contribution in [1.29, 1.82) is 0 Å². The summed E-state index contributed by atoms with van der Waals surface area (Å²) >= 11 is 0. The number of piperazine rings is 1. The highest BCUT2D eigenvalue weighted by Gasteiger charge is 2.26. The van der Waals surface area contributed by atoms with Crippen LogP contribution in [0, 0.1) is 11.7 Å². The summed E-state index contributed by atoms with van der Waals surface area (Å²) in [6.45, 7) is 5.92. The van der Waals surface area contributed by atoms with Crippen LogP contribution in [0.4, 0.5) is 10.1 Å². The van der Waals surface area contributed by atoms with Crippen LogP contribution >= 0.6 is 0 Å². The molecule has 0 aromatic heterocycles. The zero-order valence-electron chi connectivity index (χ0n) is 11.3. The van der Waals surface area contributed by atoms with Crippen LogP contribution in [-0.4, -0.2) is 37.6 Å². The average Bonchev–Trinajstić information content (AvgIpc) is 3.24. The SMILES string of the molecule is NCc1cc(F)ccc1N1CCN(CC2CC2)CC1. The lowest BCUT2D eigenvalue weighted by molar-refractivity contribution is 0.248. The first kappa shape index (κ1) is 12.9. The summed E-state index contributed by atoms with van der Waals surface area (Å²) in [7, 11) is 0. The Bertz CT molecular complexity index is 437. The van der Waals surface area contributed by atoms with E-state index >= 15 is 0 Å². The van der Waals surface area contributed by atoms with Crippen molar-refractivity contribution in [3.63, 3.8) is 0 Å². The molecule has 0 radical (unpaired) electrons. The van der Waals surface area contributed by atoms with Crippen LogP contribution in [0.2, 0.25) is 0 Å². The van der Waals surface area contributed by atoms with Gasteiger partial charge in [0.05, 0.1) is 0 Å². The second-order valence-electron chi connectivity index (χ2n) is 5.71. The minimum Gasteiger partial charge on any atom is -0.369 e. The molecule has 0 bridgehead atoms. The molecule has 1 saturated carbocycles. The molecule has 0 atom stereocenters. The summed E-state index contributed by atoms with van der Waals surface area (Å²) < 4.78 is 13.2. The van der Waals surface area contributed by atoms with Crippen molar-refractivity contribution in [3.8, 4) is 0 Å². The fourth-order valence-electron chi connectivity index (χ4n) is 2.86. The maximum atomic E-state index is 13.2. The van der Waals surface area contributed by atoms with Gasteiger partial charge in [-0.25, -0.2) is 4.39 Å². The molecule has 19 heavy (non-hydrogen) atoms. The summed E-state index contributed by atoms with van der Waals surface area (Å²) in [4.78, 5) is 4.89. The van der Waals surface area contributed by atoms with Crippen LogP contribution < -0.4 is 10.6 Å². The lowest BCUT2D eigenvalue weighted by Gasteiger charge is -2.37. The Morgan fingerprint density at radius 2 is 1.89 bits per heavy atom. The van der Waals surface area contributed by atoms with Gasteiger partial charge in [0.1, 0.15) is 5.82 Å². The number of halogens is 1. The van der Waals surface area contributed by atoms with Crippen LogP contribution in [0.25, 0.3) is 0 Å². The largest absolute Gasteiger partial charge is 0.369 e. The van der Waals surface area contributed by atoms with Gasteiger partial charge in [0.25, 0.3) is 0 Å². The first-order valence-corrected chi connectivity index (χ1v) is 7.22. The molecule has 1 aliphatic carbocycles. The molecule has 0 unspecified atom stereocenters. The molecule has 3 nitrogen and oxygen atoms in total. The minimum absolute atomic E-state index is 0.198. The number of rotatable bonds is 4. The van der Waals surface area contributed by atoms with Crippen molar-refractivity contribution in [2.75, 3.05) is 37.6 Å². The number of hydrogen-bond donors (Lipinski definition) is 1. The Morgan fingerprint density at radius 1 is 1.16 bits per heavy atom. The highest BCUT2D eigenvalue weighted by atomic mass is 19.1. The molecule has 2 fully saturated rings. The molecule has 1 heterocycles. The third kappa shape index (κ3) is 3.07. The van der Waals surface area contributed by atoms with Gasteiger partial charge in [-0.05, 0) is 42.5 Å². The summed E-state index contributed by atoms with van der Waals surface area (Å²) in [5.74, 6) is 0.758. The number of hydrogen-bond acceptors (Lipinski definition) is 3. The van der Waals surface area contributed by atoms with E-state index in [9.17, 15) is 4.39 Å². The van der Waals surface area contributed by atoms with Gasteiger partial charge in [-0.1, -0.05) is 0 Å². The lowest BCUT2D eigenvalue weighted by atomic mass is 10.1. The summed E-state index contributed by atoms with van der Waals surface area (Å²) in [5.41, 5.74) is 7.74. The Kier molecular flexibility index (Phi) is 3.71. The molecule has 1 aromatic carbocycles. The van der Waals surface area contributed by atoms with E-state index < -0.39 is 0 Å². The van der Waals surface area contributed by atoms with Crippen molar-refractivity contribution in [3.05, 3.63) is 29.6 Å². The molecule has 2 N–H and O–H groups in total. The molecular weight excluding hydrogens is 241 g/mol. The topological polar surface area (TPSA) is 32.5 Å². The Balaban J connectivity index is 1.63. The minimum atomic E-state index is -0.198. The van der Waals surface area contributed by atoms with Crippen LogP contribution in [0.1, 0.15) is 18.4 Å². The van der Waals surface area contributed by atoms with E-state index in [-0.39, 0.29) is 5.82 Å². The summed E-state index contributed by atoms with van der Waals surface area (Å²) in [5, 5.41) is 0. The second kappa shape index (κ2) is 5.47. The van der Waals surface area contributed by atoms with E-state index in [4.69, 9.17) is 5.73 Å². The molecule has 0 amide bonds. The molecular formula is C15H22FN3. The van der Waals surface area contributed by atoms with Gasteiger partial charge in [0.15, 0.2) is 0 Å². The highest BCUT2D eigenvalue weighted by molar-refractivity contribution is 5.54. The van der Waals surface area contributed by atoms with Crippen molar-refractivity contribution < 1.29 is 4.39 Å². The number of anilines is 1. The average molecular weight is 263 g/mol. The Morgan fingerprint density at radius 3 is 2.53 bits per heavy atom. The molecule has 2 aliphatic rings. The van der Waals surface area contributed by atoms with Gasteiger partial charge in [-0.3, -0.25) is 4.90 Å². The predicted molar refractivity (Wildman–Crippen MR) is 75.7 cm³/mol. The van der Waals surface area contributed by atoms with Crippen LogP contribution in [0.3, 0.4) is 0 Å². The van der Waals surface area contributed by atoms with Crippen LogP contribution in [0.15, 0.2) is 18.2 Å². The van der Waals surface area contributed by atoms with Gasteiger partial charge in [0, 0.05) is 45.0 Å². The third-order valence-electron chi connectivity index (χ3n) is 4.19. The summed E-state index contributed by atoms with van der Waals surface area (Å²) in [6.07, 6.45) is 2.82. The first-order valence-electron chi connectivity index (χ1n) is 7.22. The van der Waals surface area contributed by atoms with Gasteiger partial charge in [-0.15, -0.1) is 0 Å². The molecule has 3 rings (SSSR count). The zero-order valence-corrected chi connectivity index (χ0v) is 11.3. The fraction of sp³-hybridized carbons (Fsp3) is 0.600. The standard InChI is InChI=1S/C15H22FN3/c16-14-3-4-15(13(9-14)10-17)19-7-5-18(6-8-19)11-12-1-2-12/h3-4,9,12H,1-2,5-8,10-11,17H2. The molecule has 4 heteroatoms. The van der Waals surface area contributed by atoms with Crippen molar-refractivity contribution in [2.45, 2.75) is 19.4 Å². The van der Waals surface area contributed by atoms with Crippen molar-refractivity contribution in [2.24, 2.45) is 11.7 Å². The van der Waals surface area contributed by atoms with E-state index in [1.165, 1.54) is 25.5 Å². The van der Waals surface area contributed by atoms with Crippen molar-refractivity contribution in [1.82, 2.24) is 4.90 Å². The van der Waals surface area contributed by atoms with E-state index in [2.05, 4.69) is 9.80 Å². The maximum Gasteiger partial charge on any atom is 0.123 e. The molecule has 104 valence electrons. The van der Waals surface area contributed by atoms with E-state index in [0.29, 0.717) is 6.54 Å². The molecule has 1 aromatic rings. The number of benzene rings is 1. The van der Waals surface area contributed by atoms with Gasteiger partial charge in [-0.2, -0.15) is 0 Å². The molecule has 1 saturated heterocycles. The Labute approximate surface area is 114 Å². The molecule has 1 aliphatic heterocycles. The fourth-order valence-corrected chi connectivity index (χ4v) is 2.86. The quantitative estimate of drug-likeness (QED) is 0.899. The molecule has 0 spiro atoms. The highest BCUT2D eigenvalue weighted by Crippen LogP contribution is 2.30. The van der Waals surface area contributed by atoms with Gasteiger partial charge >= 0.3 is 0 Å². The van der Waals surface area contributed by atoms with E-state index in [1.807, 2.05) is 6.07 Å². The Hall–Kier alpha value is -1.13. The van der Waals surface area contributed by atoms with Crippen LogP contribution in [0.5, 0.6) is 0 Å². The van der Waals surface area contributed by atoms with E-state index in [0.717, 1.165) is 43.3 Å². The normalized spacial score (nSPS) is 20.8. The summed E-state index contributed by atoms with van der Waals surface area (Å²) in [6, 6.07) is 4.96. The van der Waals surface area contributed by atoms with Gasteiger partial charge in [0.2, 0.25) is 0 Å². The maximum absolute atomic E-state index is 13.2. The monoisotopic (exact) mass is 263 g/mol. The third-order valence-corrected chi connectivity index (χ3v) is 4.19. The lowest BCUT2D eigenvalue weighted by Crippen LogP contribution is -2.47. The van der Waals surface area contributed by atoms with Crippen LogP contribution in [-0.2, 0) is 6.54 Å². The van der Waals surface area contributed by atoms with Crippen molar-refractivity contribution >= 4 is 5.69 Å². The predicted octanol–water partition coefficient (Wildman–Crippen LogP) is 1.82. The zero-order chi connectivity index (χ0) is 13.2. The number of nitrogens with two attached hydrogens (primary N) is 1. The second-order valence-corrected chi connectivity index (χ2v) is 5.71. The van der Waals surface area contributed by atoms with Gasteiger partial charge < -0.3 is 10.6 Å². The first-order chi connectivity index (χ1) is 9.26.